The first-order chi connectivity index (χ1) is 10.4. The summed E-state index contributed by atoms with van der Waals surface area (Å²) in [7, 11) is -3.61. The van der Waals surface area contributed by atoms with E-state index in [9.17, 15) is 18.5 Å². The van der Waals surface area contributed by atoms with E-state index in [1.807, 2.05) is 0 Å². The molecule has 2 N–H and O–H groups in total. The number of rotatable bonds is 6. The van der Waals surface area contributed by atoms with Gasteiger partial charge in [0, 0.05) is 37.8 Å². The maximum atomic E-state index is 12.5. The summed E-state index contributed by atoms with van der Waals surface area (Å²) in [5, 5.41) is 22.5. The number of sulfonamides is 1. The van der Waals surface area contributed by atoms with E-state index in [1.165, 1.54) is 28.6 Å². The van der Waals surface area contributed by atoms with Crippen LogP contribution in [0, 0.1) is 10.1 Å². The first kappa shape index (κ1) is 16.8. The number of hydrogen-bond donors (Lipinski definition) is 2. The molecule has 0 radical (unpaired) electrons. The zero-order chi connectivity index (χ0) is 16.2. The van der Waals surface area contributed by atoms with E-state index in [-0.39, 0.29) is 23.2 Å². The van der Waals surface area contributed by atoms with Gasteiger partial charge in [0.05, 0.1) is 16.4 Å². The molecular formula is C13H19N3O5S. The highest BCUT2D eigenvalue weighted by molar-refractivity contribution is 7.89. The van der Waals surface area contributed by atoms with E-state index in [0.29, 0.717) is 32.5 Å². The van der Waals surface area contributed by atoms with E-state index in [1.54, 1.807) is 0 Å². The average molecular weight is 329 g/mol. The number of nitro benzene ring substituents is 1. The third kappa shape index (κ3) is 3.80. The van der Waals surface area contributed by atoms with Crippen LogP contribution >= 0.6 is 0 Å². The Bertz CT molecular complexity index is 609. The highest BCUT2D eigenvalue weighted by Gasteiger charge is 2.29. The van der Waals surface area contributed by atoms with E-state index >= 15 is 0 Å². The number of nitro groups is 1. The lowest BCUT2D eigenvalue weighted by atomic mass is 10.1. The van der Waals surface area contributed by atoms with Crippen LogP contribution in [0.3, 0.4) is 0 Å². The van der Waals surface area contributed by atoms with Crippen LogP contribution in [0.1, 0.15) is 12.8 Å². The molecule has 0 atom stereocenters. The fourth-order valence-corrected chi connectivity index (χ4v) is 3.93. The second-order valence-corrected chi connectivity index (χ2v) is 7.05. The van der Waals surface area contributed by atoms with Crippen molar-refractivity contribution in [3.8, 4) is 0 Å². The molecule has 1 fully saturated rings. The molecule has 1 aliphatic heterocycles. The Labute approximate surface area is 128 Å². The van der Waals surface area contributed by atoms with Gasteiger partial charge in [-0.2, -0.15) is 4.31 Å². The van der Waals surface area contributed by atoms with Gasteiger partial charge in [-0.3, -0.25) is 10.1 Å². The van der Waals surface area contributed by atoms with E-state index in [4.69, 9.17) is 5.11 Å². The fraction of sp³-hybridized carbons (Fsp3) is 0.538. The minimum atomic E-state index is -3.61. The van der Waals surface area contributed by atoms with Crippen molar-refractivity contribution in [3.05, 3.63) is 34.4 Å². The first-order valence-electron chi connectivity index (χ1n) is 7.04. The lowest BCUT2D eigenvalue weighted by molar-refractivity contribution is -0.384. The first-order valence-corrected chi connectivity index (χ1v) is 8.48. The monoisotopic (exact) mass is 329 g/mol. The zero-order valence-electron chi connectivity index (χ0n) is 12.0. The summed E-state index contributed by atoms with van der Waals surface area (Å²) in [6.45, 7) is 1.34. The molecule has 1 aliphatic rings. The van der Waals surface area contributed by atoms with Gasteiger partial charge in [-0.15, -0.1) is 0 Å². The highest BCUT2D eigenvalue weighted by Crippen LogP contribution is 2.22. The largest absolute Gasteiger partial charge is 0.395 e. The van der Waals surface area contributed by atoms with Crippen LogP contribution in [-0.2, 0) is 10.0 Å². The van der Waals surface area contributed by atoms with Crippen LogP contribution in [0.25, 0.3) is 0 Å². The third-order valence-corrected chi connectivity index (χ3v) is 5.60. The third-order valence-electron chi connectivity index (χ3n) is 3.68. The van der Waals surface area contributed by atoms with Gasteiger partial charge in [-0.1, -0.05) is 0 Å². The predicted molar refractivity (Wildman–Crippen MR) is 80.0 cm³/mol. The number of piperidine rings is 1. The number of benzene rings is 1. The molecule has 1 aromatic rings. The van der Waals surface area contributed by atoms with Crippen molar-refractivity contribution in [2.24, 2.45) is 0 Å². The Morgan fingerprint density at radius 1 is 1.27 bits per heavy atom. The number of aliphatic hydroxyl groups is 1. The molecule has 8 nitrogen and oxygen atoms in total. The summed E-state index contributed by atoms with van der Waals surface area (Å²) >= 11 is 0. The van der Waals surface area contributed by atoms with Gasteiger partial charge in [-0.25, -0.2) is 8.42 Å². The standard InChI is InChI=1S/C13H19N3O5S/c17-10-7-14-11-5-8-15(9-6-11)22(20,21)13-3-1-12(2-4-13)16(18)19/h1-4,11,14,17H,5-10H2. The molecular weight excluding hydrogens is 310 g/mol. The van der Waals surface area contributed by atoms with Gasteiger partial charge >= 0.3 is 0 Å². The van der Waals surface area contributed by atoms with E-state index < -0.39 is 14.9 Å². The fourth-order valence-electron chi connectivity index (χ4n) is 2.46. The van der Waals surface area contributed by atoms with Crippen molar-refractivity contribution in [3.63, 3.8) is 0 Å². The topological polar surface area (TPSA) is 113 Å². The molecule has 0 bridgehead atoms. The molecule has 1 aromatic carbocycles. The molecule has 9 heteroatoms. The molecule has 1 heterocycles. The molecule has 122 valence electrons. The van der Waals surface area contributed by atoms with Gasteiger partial charge < -0.3 is 10.4 Å². The molecule has 22 heavy (non-hydrogen) atoms. The Hall–Kier alpha value is -1.55. The van der Waals surface area contributed by atoms with Gasteiger partial charge in [0.25, 0.3) is 5.69 Å². The molecule has 1 saturated heterocycles. The maximum absolute atomic E-state index is 12.5. The van der Waals surface area contributed by atoms with E-state index in [2.05, 4.69) is 5.32 Å². The van der Waals surface area contributed by atoms with Crippen molar-refractivity contribution < 1.29 is 18.4 Å². The average Bonchev–Trinajstić information content (AvgIpc) is 2.53. The molecule has 0 amide bonds. The van der Waals surface area contributed by atoms with Crippen LogP contribution in [0.4, 0.5) is 5.69 Å². The molecule has 0 aromatic heterocycles. The number of hydrogen-bond acceptors (Lipinski definition) is 6. The summed E-state index contributed by atoms with van der Waals surface area (Å²) in [6.07, 6.45) is 1.35. The van der Waals surface area contributed by atoms with Crippen LogP contribution in [-0.4, -0.2) is 55.0 Å². The summed E-state index contributed by atoms with van der Waals surface area (Å²) in [5.74, 6) is 0. The SMILES string of the molecule is O=[N+]([O-])c1ccc(S(=O)(=O)N2CCC(NCCO)CC2)cc1. The quantitative estimate of drug-likeness (QED) is 0.574. The molecule has 0 unspecified atom stereocenters. The normalized spacial score (nSPS) is 17.5. The van der Waals surface area contributed by atoms with E-state index in [0.717, 1.165) is 0 Å². The highest BCUT2D eigenvalue weighted by atomic mass is 32.2. The number of nitrogens with one attached hydrogen (secondary N) is 1. The lowest BCUT2D eigenvalue weighted by Crippen LogP contribution is -2.45. The van der Waals surface area contributed by atoms with Gasteiger partial charge in [0.15, 0.2) is 0 Å². The number of nitrogens with zero attached hydrogens (tertiary/aromatic N) is 2. The summed E-state index contributed by atoms with van der Waals surface area (Å²) in [4.78, 5) is 10.1. The van der Waals surface area contributed by atoms with Crippen LogP contribution in [0.5, 0.6) is 0 Å². The second-order valence-electron chi connectivity index (χ2n) is 5.11. The molecule has 0 aliphatic carbocycles. The van der Waals surface area contributed by atoms with Crippen LogP contribution < -0.4 is 5.32 Å². The minimum absolute atomic E-state index is 0.0569. The maximum Gasteiger partial charge on any atom is 0.269 e. The predicted octanol–water partition coefficient (Wildman–Crippen LogP) is 0.330. The number of non-ortho nitro benzene ring substituents is 1. The van der Waals surface area contributed by atoms with Crippen molar-refractivity contribution >= 4 is 15.7 Å². The zero-order valence-corrected chi connectivity index (χ0v) is 12.8. The molecule has 0 spiro atoms. The van der Waals surface area contributed by atoms with Crippen molar-refractivity contribution in [2.75, 3.05) is 26.2 Å². The number of aliphatic hydroxyl groups excluding tert-OH is 1. The Morgan fingerprint density at radius 3 is 2.36 bits per heavy atom. The second kappa shape index (κ2) is 7.14. The van der Waals surface area contributed by atoms with Crippen LogP contribution in [0.2, 0.25) is 0 Å². The molecule has 2 rings (SSSR count). The Balaban J connectivity index is 2.03. The van der Waals surface area contributed by atoms with Gasteiger partial charge in [0.1, 0.15) is 0 Å². The van der Waals surface area contributed by atoms with Gasteiger partial charge in [-0.05, 0) is 25.0 Å². The Morgan fingerprint density at radius 2 is 1.86 bits per heavy atom. The summed E-state index contributed by atoms with van der Waals surface area (Å²) in [5.41, 5.74) is -0.133. The van der Waals surface area contributed by atoms with Crippen molar-refractivity contribution in [1.29, 1.82) is 0 Å². The van der Waals surface area contributed by atoms with Crippen molar-refractivity contribution in [2.45, 2.75) is 23.8 Å². The molecule has 0 saturated carbocycles. The van der Waals surface area contributed by atoms with Gasteiger partial charge in [0.2, 0.25) is 10.0 Å². The lowest BCUT2D eigenvalue weighted by Gasteiger charge is -2.31. The van der Waals surface area contributed by atoms with Crippen LogP contribution in [0.15, 0.2) is 29.2 Å². The minimum Gasteiger partial charge on any atom is -0.395 e. The summed E-state index contributed by atoms with van der Waals surface area (Å²) < 4.78 is 26.4. The smallest absolute Gasteiger partial charge is 0.269 e. The Kier molecular flexibility index (Phi) is 5.46. The van der Waals surface area contributed by atoms with Crippen molar-refractivity contribution in [1.82, 2.24) is 9.62 Å². The summed E-state index contributed by atoms with van der Waals surface area (Å²) in [6, 6.07) is 5.13.